The van der Waals surface area contributed by atoms with Gasteiger partial charge in [-0.25, -0.2) is 4.79 Å². The quantitative estimate of drug-likeness (QED) is 0.271. The molecule has 10 heteroatoms. The predicted molar refractivity (Wildman–Crippen MR) is 149 cm³/mol. The summed E-state index contributed by atoms with van der Waals surface area (Å²) in [4.78, 5) is 23.8. The van der Waals surface area contributed by atoms with E-state index in [1.165, 1.54) is 14.0 Å². The first-order valence-electron chi connectivity index (χ1n) is 12.8. The van der Waals surface area contributed by atoms with Crippen molar-refractivity contribution in [2.24, 2.45) is 18.9 Å². The Kier molecular flexibility index (Phi) is 9.66. The topological polar surface area (TPSA) is 85.2 Å². The smallest absolute Gasteiger partial charge is 0.335 e. The molecule has 1 aromatic heterocycles. The highest BCUT2D eigenvalue weighted by Crippen LogP contribution is 2.45. The molecule has 206 valence electrons. The molecule has 4 rings (SSSR count). The molecule has 0 saturated carbocycles. The SMILES string of the molecule is COC(=O)C1CC(OC(C)=O)CC(Oc2cn(C)c3cc(Br)c(OCC4CCC#CCCC4C)c(Br)c23)O1. The number of nitrogens with zero attached hydrogens (tertiary/aromatic N) is 1. The van der Waals surface area contributed by atoms with Gasteiger partial charge in [-0.1, -0.05) is 6.92 Å². The molecule has 1 aliphatic heterocycles. The summed E-state index contributed by atoms with van der Waals surface area (Å²) in [5.41, 5.74) is 0.914. The summed E-state index contributed by atoms with van der Waals surface area (Å²) in [5.74, 6) is 7.71. The van der Waals surface area contributed by atoms with Crippen LogP contribution in [-0.2, 0) is 30.8 Å². The molecule has 1 aliphatic carbocycles. The van der Waals surface area contributed by atoms with E-state index in [2.05, 4.69) is 50.6 Å². The van der Waals surface area contributed by atoms with Crippen LogP contribution < -0.4 is 9.47 Å². The Morgan fingerprint density at radius 3 is 2.63 bits per heavy atom. The second-order valence-electron chi connectivity index (χ2n) is 9.88. The summed E-state index contributed by atoms with van der Waals surface area (Å²) in [7, 11) is 3.22. The van der Waals surface area contributed by atoms with Crippen molar-refractivity contribution in [2.75, 3.05) is 13.7 Å². The third-order valence-corrected chi connectivity index (χ3v) is 8.48. The lowest BCUT2D eigenvalue weighted by Crippen LogP contribution is -2.44. The van der Waals surface area contributed by atoms with Crippen LogP contribution in [0.25, 0.3) is 10.9 Å². The highest BCUT2D eigenvalue weighted by atomic mass is 79.9. The van der Waals surface area contributed by atoms with Crippen LogP contribution in [-0.4, -0.2) is 48.7 Å². The maximum absolute atomic E-state index is 12.2. The Balaban J connectivity index is 1.59. The maximum atomic E-state index is 12.2. The number of aryl methyl sites for hydroxylation is 1. The number of benzene rings is 1. The number of carbonyl (C=O) groups is 2. The first-order valence-corrected chi connectivity index (χ1v) is 14.4. The summed E-state index contributed by atoms with van der Waals surface area (Å²) in [5, 5.41) is 0.815. The molecule has 8 nitrogen and oxygen atoms in total. The van der Waals surface area contributed by atoms with Gasteiger partial charge in [-0.05, 0) is 62.6 Å². The first kappa shape index (κ1) is 28.8. The van der Waals surface area contributed by atoms with Crippen molar-refractivity contribution in [3.63, 3.8) is 0 Å². The third-order valence-electron chi connectivity index (χ3n) is 7.13. The average Bonchev–Trinajstić information content (AvgIpc) is 3.16. The van der Waals surface area contributed by atoms with Crippen molar-refractivity contribution in [2.45, 2.75) is 70.9 Å². The van der Waals surface area contributed by atoms with E-state index < -0.39 is 30.4 Å². The van der Waals surface area contributed by atoms with Gasteiger partial charge in [0, 0.05) is 45.9 Å². The highest BCUT2D eigenvalue weighted by Gasteiger charge is 2.37. The monoisotopic (exact) mass is 653 g/mol. The van der Waals surface area contributed by atoms with Crippen LogP contribution >= 0.6 is 31.9 Å². The number of methoxy groups -OCH3 is 1. The fraction of sp³-hybridized carbons (Fsp3) is 0.571. The van der Waals surface area contributed by atoms with E-state index in [-0.39, 0.29) is 12.8 Å². The van der Waals surface area contributed by atoms with Gasteiger partial charge in [-0.15, -0.1) is 11.8 Å². The Bertz CT molecular complexity index is 1250. The lowest BCUT2D eigenvalue weighted by molar-refractivity contribution is -0.204. The first-order chi connectivity index (χ1) is 18.2. The van der Waals surface area contributed by atoms with Crippen molar-refractivity contribution in [1.29, 1.82) is 0 Å². The number of rotatable bonds is 7. The Hall–Kier alpha value is -2.22. The molecule has 38 heavy (non-hydrogen) atoms. The fourth-order valence-corrected chi connectivity index (χ4v) is 6.52. The number of hydrogen-bond donors (Lipinski definition) is 0. The maximum Gasteiger partial charge on any atom is 0.335 e. The standard InChI is InChI=1S/C28H33Br2NO7/c1-16-9-7-5-6-8-10-18(16)15-35-27-20(29)13-21-25(26(27)30)23(14-31(21)3)38-24-12-19(36-17(2)32)11-22(37-24)28(33)34-4/h13-14,16,18-19,22,24H,7-12,15H2,1-4H3. The lowest BCUT2D eigenvalue weighted by Gasteiger charge is -2.33. The van der Waals surface area contributed by atoms with Crippen molar-refractivity contribution in [3.8, 4) is 23.3 Å². The molecule has 0 radical (unpaired) electrons. The van der Waals surface area contributed by atoms with Gasteiger partial charge in [-0.2, -0.15) is 0 Å². The summed E-state index contributed by atoms with van der Waals surface area (Å²) in [6.45, 7) is 4.20. The van der Waals surface area contributed by atoms with Gasteiger partial charge in [0.2, 0.25) is 6.29 Å². The normalized spacial score (nSPS) is 25.5. The summed E-state index contributed by atoms with van der Waals surface area (Å²) in [6.07, 6.45) is 4.00. The second-order valence-corrected chi connectivity index (χ2v) is 11.5. The molecular weight excluding hydrogens is 622 g/mol. The van der Waals surface area contributed by atoms with Crippen LogP contribution in [0.3, 0.4) is 0 Å². The Morgan fingerprint density at radius 1 is 1.18 bits per heavy atom. The fourth-order valence-electron chi connectivity index (χ4n) is 5.00. The Morgan fingerprint density at radius 2 is 1.92 bits per heavy atom. The van der Waals surface area contributed by atoms with Gasteiger partial charge < -0.3 is 28.3 Å². The molecule has 0 N–H and O–H groups in total. The van der Waals surface area contributed by atoms with Crippen molar-refractivity contribution in [3.05, 3.63) is 21.2 Å². The van der Waals surface area contributed by atoms with Crippen LogP contribution in [0.1, 0.15) is 52.4 Å². The van der Waals surface area contributed by atoms with E-state index in [0.29, 0.717) is 29.9 Å². The summed E-state index contributed by atoms with van der Waals surface area (Å²) in [6, 6.07) is 2.00. The van der Waals surface area contributed by atoms with Crippen molar-refractivity contribution < 1.29 is 33.3 Å². The average molecular weight is 655 g/mol. The van der Waals surface area contributed by atoms with Crippen molar-refractivity contribution in [1.82, 2.24) is 4.57 Å². The van der Waals surface area contributed by atoms with E-state index in [9.17, 15) is 9.59 Å². The molecule has 2 heterocycles. The summed E-state index contributed by atoms with van der Waals surface area (Å²) < 4.78 is 32.4. The number of fused-ring (bicyclic) bond motifs is 1. The van der Waals surface area contributed by atoms with Crippen LogP contribution in [0.15, 0.2) is 21.2 Å². The minimum absolute atomic E-state index is 0.210. The molecule has 5 unspecified atom stereocenters. The van der Waals surface area contributed by atoms with Gasteiger partial charge in [0.1, 0.15) is 17.6 Å². The third kappa shape index (κ3) is 6.67. The summed E-state index contributed by atoms with van der Waals surface area (Å²) >= 11 is 7.45. The van der Waals surface area contributed by atoms with Crippen molar-refractivity contribution >= 4 is 54.7 Å². The van der Waals surface area contributed by atoms with E-state index in [1.807, 2.05) is 23.9 Å². The van der Waals surface area contributed by atoms with E-state index in [0.717, 1.165) is 45.5 Å². The van der Waals surface area contributed by atoms with Gasteiger partial charge in [0.25, 0.3) is 0 Å². The molecule has 1 fully saturated rings. The number of halogens is 2. The number of hydrogen-bond acceptors (Lipinski definition) is 7. The molecule has 2 aromatic rings. The van der Waals surface area contributed by atoms with E-state index in [1.54, 1.807) is 0 Å². The number of carbonyl (C=O) groups excluding carboxylic acids is 2. The zero-order valence-corrected chi connectivity index (χ0v) is 25.2. The van der Waals surface area contributed by atoms with Crippen LogP contribution in [0, 0.1) is 23.7 Å². The van der Waals surface area contributed by atoms with Gasteiger partial charge in [0.05, 0.1) is 33.6 Å². The highest BCUT2D eigenvalue weighted by molar-refractivity contribution is 9.11. The number of esters is 2. The number of aromatic nitrogens is 1. The zero-order valence-electron chi connectivity index (χ0n) is 22.1. The Labute approximate surface area is 239 Å². The molecule has 1 saturated heterocycles. The lowest BCUT2D eigenvalue weighted by atomic mass is 9.86. The van der Waals surface area contributed by atoms with Crippen LogP contribution in [0.5, 0.6) is 11.5 Å². The molecule has 0 spiro atoms. The van der Waals surface area contributed by atoms with Crippen LogP contribution in [0.4, 0.5) is 0 Å². The van der Waals surface area contributed by atoms with Crippen LogP contribution in [0.2, 0.25) is 0 Å². The largest absolute Gasteiger partial charge is 0.491 e. The van der Waals surface area contributed by atoms with Gasteiger partial charge in [-0.3, -0.25) is 4.79 Å². The van der Waals surface area contributed by atoms with Gasteiger partial charge in [0.15, 0.2) is 6.10 Å². The predicted octanol–water partition coefficient (Wildman–Crippen LogP) is 5.90. The molecule has 0 bridgehead atoms. The second kappa shape index (κ2) is 12.8. The van der Waals surface area contributed by atoms with E-state index >= 15 is 0 Å². The minimum Gasteiger partial charge on any atom is -0.491 e. The van der Waals surface area contributed by atoms with E-state index in [4.69, 9.17) is 23.7 Å². The minimum atomic E-state index is -0.898. The molecule has 5 atom stereocenters. The number of ether oxygens (including phenoxy) is 5. The molecule has 0 amide bonds. The molecule has 1 aromatic carbocycles. The molecule has 2 aliphatic rings. The van der Waals surface area contributed by atoms with Gasteiger partial charge >= 0.3 is 11.9 Å². The zero-order chi connectivity index (χ0) is 27.4. The molecular formula is C28H33Br2NO7.